The van der Waals surface area contributed by atoms with Crippen LogP contribution in [-0.4, -0.2) is 29.0 Å². The van der Waals surface area contributed by atoms with Gasteiger partial charge in [-0.15, -0.1) is 0 Å². The van der Waals surface area contributed by atoms with Gasteiger partial charge in [-0.3, -0.25) is 4.90 Å². The second-order valence-corrected chi connectivity index (χ2v) is 5.07. The average molecular weight is 228 g/mol. The van der Waals surface area contributed by atoms with Gasteiger partial charge in [0.15, 0.2) is 0 Å². The van der Waals surface area contributed by atoms with E-state index in [-0.39, 0.29) is 0 Å². The van der Waals surface area contributed by atoms with Gasteiger partial charge in [0.05, 0.1) is 11.0 Å². The molecule has 0 aromatic rings. The van der Waals surface area contributed by atoms with Gasteiger partial charge in [0.25, 0.3) is 0 Å². The summed E-state index contributed by atoms with van der Waals surface area (Å²) in [6.45, 7) is 6.80. The van der Waals surface area contributed by atoms with Crippen molar-refractivity contribution < 1.29 is 0 Å². The van der Waals surface area contributed by atoms with Crippen LogP contribution in [0.25, 0.3) is 0 Å². The molecule has 0 radical (unpaired) electrons. The zero-order chi connectivity index (χ0) is 11.3. The molecule has 1 aliphatic rings. The van der Waals surface area contributed by atoms with Crippen molar-refractivity contribution in [1.82, 2.24) is 4.90 Å². The Bertz CT molecular complexity index is 198. The molecule has 0 spiro atoms. The number of piperidine rings is 1. The number of hydrogen-bond donors (Lipinski definition) is 1. The van der Waals surface area contributed by atoms with Gasteiger partial charge >= 0.3 is 0 Å². The first kappa shape index (κ1) is 12.9. The molecule has 1 atom stereocenters. The Morgan fingerprint density at radius 1 is 1.40 bits per heavy atom. The van der Waals surface area contributed by atoms with E-state index in [2.05, 4.69) is 18.7 Å². The summed E-state index contributed by atoms with van der Waals surface area (Å²) in [6.07, 6.45) is 6.41. The summed E-state index contributed by atoms with van der Waals surface area (Å²) in [5, 5.41) is 0. The van der Waals surface area contributed by atoms with Crippen LogP contribution in [0.15, 0.2) is 0 Å². The molecule has 1 unspecified atom stereocenters. The van der Waals surface area contributed by atoms with Crippen LogP contribution in [-0.2, 0) is 0 Å². The van der Waals surface area contributed by atoms with Gasteiger partial charge < -0.3 is 5.73 Å². The number of hydrogen-bond acceptors (Lipinski definition) is 2. The quantitative estimate of drug-likeness (QED) is 0.733. The van der Waals surface area contributed by atoms with Crippen LogP contribution in [0.3, 0.4) is 0 Å². The number of nitrogens with zero attached hydrogens (tertiary/aromatic N) is 1. The summed E-state index contributed by atoms with van der Waals surface area (Å²) in [5.41, 5.74) is 5.76. The molecule has 0 aromatic carbocycles. The zero-order valence-corrected chi connectivity index (χ0v) is 10.9. The first-order chi connectivity index (χ1) is 7.19. The fraction of sp³-hybridized carbons (Fsp3) is 0.917. The van der Waals surface area contributed by atoms with Crippen molar-refractivity contribution >= 4 is 17.2 Å². The van der Waals surface area contributed by atoms with Gasteiger partial charge in [0, 0.05) is 0 Å². The molecule has 0 aliphatic carbocycles. The van der Waals surface area contributed by atoms with Crippen molar-refractivity contribution in [3.63, 3.8) is 0 Å². The van der Waals surface area contributed by atoms with Crippen LogP contribution in [0.4, 0.5) is 0 Å². The number of likely N-dealkylation sites (tertiary alicyclic amines) is 1. The van der Waals surface area contributed by atoms with Gasteiger partial charge in [-0.1, -0.05) is 38.9 Å². The highest BCUT2D eigenvalue weighted by molar-refractivity contribution is 7.80. The van der Waals surface area contributed by atoms with E-state index in [4.69, 9.17) is 18.0 Å². The maximum Gasteiger partial charge on any atom is 0.0901 e. The summed E-state index contributed by atoms with van der Waals surface area (Å²) >= 11 is 5.11. The lowest BCUT2D eigenvalue weighted by molar-refractivity contribution is 0.156. The highest BCUT2D eigenvalue weighted by Gasteiger charge is 2.24. The molecule has 15 heavy (non-hydrogen) atoms. The number of thiocarbonyl (C=S) groups is 1. The van der Waals surface area contributed by atoms with E-state index in [9.17, 15) is 0 Å². The Labute approximate surface area is 99.2 Å². The first-order valence-corrected chi connectivity index (χ1v) is 6.63. The SMILES string of the molecule is CCCC1CCN(C(CC)C(N)=S)CC1. The van der Waals surface area contributed by atoms with E-state index in [1.807, 2.05) is 0 Å². The highest BCUT2D eigenvalue weighted by atomic mass is 32.1. The predicted molar refractivity (Wildman–Crippen MR) is 70.1 cm³/mol. The molecule has 1 fully saturated rings. The van der Waals surface area contributed by atoms with Crippen molar-refractivity contribution in [1.29, 1.82) is 0 Å². The third-order valence-electron chi connectivity index (χ3n) is 3.50. The maximum absolute atomic E-state index is 5.76. The van der Waals surface area contributed by atoms with E-state index >= 15 is 0 Å². The molecule has 1 saturated heterocycles. The van der Waals surface area contributed by atoms with Crippen molar-refractivity contribution in [2.75, 3.05) is 13.1 Å². The minimum absolute atomic E-state index is 0.336. The highest BCUT2D eigenvalue weighted by Crippen LogP contribution is 2.23. The normalized spacial score (nSPS) is 21.5. The Morgan fingerprint density at radius 3 is 2.40 bits per heavy atom. The molecule has 0 saturated carbocycles. The largest absolute Gasteiger partial charge is 0.392 e. The van der Waals surface area contributed by atoms with Crippen LogP contribution in [0.5, 0.6) is 0 Å². The molecular formula is C12H24N2S. The topological polar surface area (TPSA) is 29.3 Å². The van der Waals surface area contributed by atoms with Gasteiger partial charge in [-0.05, 0) is 38.3 Å². The standard InChI is InChI=1S/C12H24N2S/c1-3-5-10-6-8-14(9-7-10)11(4-2)12(13)15/h10-11H,3-9H2,1-2H3,(H2,13,15). The molecular weight excluding hydrogens is 204 g/mol. The Hall–Kier alpha value is -0.150. The average Bonchev–Trinajstić information content (AvgIpc) is 2.21. The van der Waals surface area contributed by atoms with Gasteiger partial charge in [0.2, 0.25) is 0 Å². The van der Waals surface area contributed by atoms with Crippen LogP contribution in [0, 0.1) is 5.92 Å². The Morgan fingerprint density at radius 2 is 2.00 bits per heavy atom. The van der Waals surface area contributed by atoms with E-state index in [1.54, 1.807) is 0 Å². The van der Waals surface area contributed by atoms with Gasteiger partial charge in [0.1, 0.15) is 0 Å². The summed E-state index contributed by atoms with van der Waals surface area (Å²) in [4.78, 5) is 3.14. The van der Waals surface area contributed by atoms with E-state index in [0.717, 1.165) is 12.3 Å². The monoisotopic (exact) mass is 228 g/mol. The number of nitrogens with two attached hydrogens (primary N) is 1. The van der Waals surface area contributed by atoms with E-state index < -0.39 is 0 Å². The van der Waals surface area contributed by atoms with E-state index in [0.29, 0.717) is 11.0 Å². The fourth-order valence-corrected chi connectivity index (χ4v) is 2.92. The van der Waals surface area contributed by atoms with Crippen LogP contribution < -0.4 is 5.73 Å². The zero-order valence-electron chi connectivity index (χ0n) is 10.0. The molecule has 1 rings (SSSR count). The fourth-order valence-electron chi connectivity index (χ4n) is 2.60. The summed E-state index contributed by atoms with van der Waals surface area (Å²) in [7, 11) is 0. The molecule has 0 amide bonds. The van der Waals surface area contributed by atoms with Gasteiger partial charge in [-0.2, -0.15) is 0 Å². The molecule has 88 valence electrons. The molecule has 0 bridgehead atoms. The van der Waals surface area contributed by atoms with E-state index in [1.165, 1.54) is 38.8 Å². The predicted octanol–water partition coefficient (Wildman–Crippen LogP) is 2.56. The van der Waals surface area contributed by atoms with Crippen molar-refractivity contribution in [3.8, 4) is 0 Å². The van der Waals surface area contributed by atoms with Crippen LogP contribution >= 0.6 is 12.2 Å². The molecule has 2 nitrogen and oxygen atoms in total. The second-order valence-electron chi connectivity index (χ2n) is 4.59. The summed E-state index contributed by atoms with van der Waals surface area (Å²) < 4.78 is 0. The lowest BCUT2D eigenvalue weighted by atomic mass is 9.91. The van der Waals surface area contributed by atoms with Crippen LogP contribution in [0.1, 0.15) is 46.0 Å². The lowest BCUT2D eigenvalue weighted by Gasteiger charge is -2.36. The van der Waals surface area contributed by atoms with Gasteiger partial charge in [-0.25, -0.2) is 0 Å². The minimum atomic E-state index is 0.336. The van der Waals surface area contributed by atoms with Crippen molar-refractivity contribution in [2.24, 2.45) is 11.7 Å². The minimum Gasteiger partial charge on any atom is -0.392 e. The number of rotatable bonds is 5. The molecule has 3 heteroatoms. The Kier molecular flexibility index (Phi) is 5.54. The second kappa shape index (κ2) is 6.44. The third-order valence-corrected chi connectivity index (χ3v) is 3.77. The Balaban J connectivity index is 2.38. The van der Waals surface area contributed by atoms with Crippen molar-refractivity contribution in [2.45, 2.75) is 52.0 Å². The smallest absolute Gasteiger partial charge is 0.0901 e. The van der Waals surface area contributed by atoms with Crippen molar-refractivity contribution in [3.05, 3.63) is 0 Å². The summed E-state index contributed by atoms with van der Waals surface area (Å²) in [5.74, 6) is 0.940. The summed E-state index contributed by atoms with van der Waals surface area (Å²) in [6, 6.07) is 0.336. The van der Waals surface area contributed by atoms with Crippen LogP contribution in [0.2, 0.25) is 0 Å². The third kappa shape index (κ3) is 3.72. The first-order valence-electron chi connectivity index (χ1n) is 6.22. The lowest BCUT2D eigenvalue weighted by Crippen LogP contribution is -2.47. The molecule has 1 heterocycles. The molecule has 0 aromatic heterocycles. The molecule has 1 aliphatic heterocycles. The molecule has 2 N–H and O–H groups in total. The maximum atomic E-state index is 5.76.